The summed E-state index contributed by atoms with van der Waals surface area (Å²) in [5, 5.41) is 3.59. The van der Waals surface area contributed by atoms with Gasteiger partial charge in [0, 0.05) is 23.9 Å². The maximum absolute atomic E-state index is 11.1. The molecule has 0 aromatic heterocycles. The van der Waals surface area contributed by atoms with E-state index in [9.17, 15) is 4.79 Å². The molecule has 1 fully saturated rings. The van der Waals surface area contributed by atoms with Crippen molar-refractivity contribution in [3.05, 3.63) is 34.9 Å². The molecule has 0 radical (unpaired) electrons. The van der Waals surface area contributed by atoms with Gasteiger partial charge in [-0.3, -0.25) is 4.79 Å². The molecule has 1 aromatic rings. The molecule has 1 atom stereocenters. The fourth-order valence-electron chi connectivity index (χ4n) is 2.20. The van der Waals surface area contributed by atoms with E-state index in [4.69, 9.17) is 5.73 Å². The van der Waals surface area contributed by atoms with Gasteiger partial charge in [-0.2, -0.15) is 11.8 Å². The summed E-state index contributed by atoms with van der Waals surface area (Å²) in [6.07, 6.45) is 2.58. The number of thioether (sulfide) groups is 1. The average Bonchev–Trinajstić information content (AvgIpc) is 2.38. The van der Waals surface area contributed by atoms with E-state index >= 15 is 0 Å². The van der Waals surface area contributed by atoms with Crippen LogP contribution in [0.2, 0.25) is 0 Å². The van der Waals surface area contributed by atoms with Gasteiger partial charge in [0.2, 0.25) is 5.91 Å². The van der Waals surface area contributed by atoms with Crippen molar-refractivity contribution in [2.75, 3.05) is 11.5 Å². The second-order valence-electron chi connectivity index (χ2n) is 4.80. The van der Waals surface area contributed by atoms with Crippen molar-refractivity contribution in [1.29, 1.82) is 0 Å². The number of amides is 1. The van der Waals surface area contributed by atoms with Crippen molar-refractivity contribution in [3.63, 3.8) is 0 Å². The predicted molar refractivity (Wildman–Crippen MR) is 76.9 cm³/mol. The minimum Gasteiger partial charge on any atom is -0.366 e. The minimum absolute atomic E-state index is 0.360. The quantitative estimate of drug-likeness (QED) is 0.875. The van der Waals surface area contributed by atoms with Crippen LogP contribution in [-0.4, -0.2) is 23.5 Å². The summed E-state index contributed by atoms with van der Waals surface area (Å²) >= 11 is 2.03. The fourth-order valence-corrected chi connectivity index (χ4v) is 3.31. The molecule has 0 spiro atoms. The first-order chi connectivity index (χ1) is 8.66. The summed E-state index contributed by atoms with van der Waals surface area (Å²) in [5.74, 6) is 2.14. The topological polar surface area (TPSA) is 55.1 Å². The van der Waals surface area contributed by atoms with E-state index in [1.807, 2.05) is 36.9 Å². The van der Waals surface area contributed by atoms with Crippen molar-refractivity contribution >= 4 is 17.7 Å². The number of primary amides is 1. The summed E-state index contributed by atoms with van der Waals surface area (Å²) in [5.41, 5.74) is 8.23. The number of aryl methyl sites for hydroxylation is 1. The molecule has 1 aliphatic rings. The molecule has 3 N–H and O–H groups in total. The zero-order chi connectivity index (χ0) is 13.0. The molecular formula is C14H20N2OS. The summed E-state index contributed by atoms with van der Waals surface area (Å²) < 4.78 is 0. The zero-order valence-electron chi connectivity index (χ0n) is 10.7. The van der Waals surface area contributed by atoms with Crippen molar-refractivity contribution in [2.24, 2.45) is 5.73 Å². The number of hydrogen-bond donors (Lipinski definition) is 2. The summed E-state index contributed by atoms with van der Waals surface area (Å²) in [4.78, 5) is 11.1. The second-order valence-corrected chi connectivity index (χ2v) is 5.95. The number of benzene rings is 1. The number of carbonyl (C=O) groups is 1. The lowest BCUT2D eigenvalue weighted by Crippen LogP contribution is -2.33. The second kappa shape index (κ2) is 6.25. The molecular weight excluding hydrogens is 244 g/mol. The Labute approximate surface area is 113 Å². The van der Waals surface area contributed by atoms with Gasteiger partial charge in [0.05, 0.1) is 0 Å². The minimum atomic E-state index is -0.360. The Morgan fingerprint density at radius 2 is 2.39 bits per heavy atom. The van der Waals surface area contributed by atoms with Crippen LogP contribution in [0.25, 0.3) is 0 Å². The molecule has 3 nitrogen and oxygen atoms in total. The van der Waals surface area contributed by atoms with E-state index in [-0.39, 0.29) is 5.91 Å². The molecule has 0 aliphatic carbocycles. The number of carbonyl (C=O) groups excluding carboxylic acids is 1. The van der Waals surface area contributed by atoms with E-state index in [0.717, 1.165) is 12.1 Å². The normalized spacial score (nSPS) is 19.7. The molecule has 0 bridgehead atoms. The van der Waals surface area contributed by atoms with Gasteiger partial charge in [0.25, 0.3) is 0 Å². The zero-order valence-corrected chi connectivity index (χ0v) is 11.6. The third-order valence-corrected chi connectivity index (χ3v) is 4.58. The Hall–Kier alpha value is -1.000. The van der Waals surface area contributed by atoms with Crippen LogP contribution in [0.3, 0.4) is 0 Å². The third kappa shape index (κ3) is 3.50. The molecule has 98 valence electrons. The lowest BCUT2D eigenvalue weighted by Gasteiger charge is -2.23. The highest BCUT2D eigenvalue weighted by Gasteiger charge is 2.13. The fraction of sp³-hybridized carbons (Fsp3) is 0.500. The predicted octanol–water partition coefficient (Wildman–Crippen LogP) is 2.08. The van der Waals surface area contributed by atoms with E-state index < -0.39 is 0 Å². The maximum Gasteiger partial charge on any atom is 0.248 e. The molecule has 1 heterocycles. The molecule has 1 aromatic carbocycles. The number of nitrogens with two attached hydrogens (primary N) is 1. The van der Waals surface area contributed by atoms with Gasteiger partial charge in [-0.25, -0.2) is 0 Å². The highest BCUT2D eigenvalue weighted by Crippen LogP contribution is 2.18. The molecule has 1 unspecified atom stereocenters. The van der Waals surface area contributed by atoms with Crippen LogP contribution in [0.4, 0.5) is 0 Å². The molecule has 1 saturated heterocycles. The van der Waals surface area contributed by atoms with Crippen molar-refractivity contribution in [3.8, 4) is 0 Å². The van der Waals surface area contributed by atoms with Crippen LogP contribution in [0, 0.1) is 6.92 Å². The Balaban J connectivity index is 1.94. The maximum atomic E-state index is 11.1. The molecule has 4 heteroatoms. The highest BCUT2D eigenvalue weighted by atomic mass is 32.2. The highest BCUT2D eigenvalue weighted by molar-refractivity contribution is 7.99. The standard InChI is InChI=1S/C14H20N2OS/c1-10-7-11(14(15)17)4-5-12(10)8-16-13-3-2-6-18-9-13/h4-5,7,13,16H,2-3,6,8-9H2,1H3,(H2,15,17). The Morgan fingerprint density at radius 1 is 1.56 bits per heavy atom. The van der Waals surface area contributed by atoms with E-state index in [1.54, 1.807) is 0 Å². The largest absolute Gasteiger partial charge is 0.366 e. The van der Waals surface area contributed by atoms with Crippen LogP contribution in [0.5, 0.6) is 0 Å². The lowest BCUT2D eigenvalue weighted by molar-refractivity contribution is 0.1000. The van der Waals surface area contributed by atoms with Crippen LogP contribution >= 0.6 is 11.8 Å². The third-order valence-electron chi connectivity index (χ3n) is 3.37. The lowest BCUT2D eigenvalue weighted by atomic mass is 10.0. The van der Waals surface area contributed by atoms with Crippen molar-refractivity contribution < 1.29 is 4.79 Å². The van der Waals surface area contributed by atoms with Gasteiger partial charge in [-0.15, -0.1) is 0 Å². The number of rotatable bonds is 4. The SMILES string of the molecule is Cc1cc(C(N)=O)ccc1CNC1CCCSC1. The average molecular weight is 264 g/mol. The van der Waals surface area contributed by atoms with Gasteiger partial charge in [-0.05, 0) is 48.8 Å². The molecule has 0 saturated carbocycles. The van der Waals surface area contributed by atoms with E-state index in [0.29, 0.717) is 11.6 Å². The van der Waals surface area contributed by atoms with Gasteiger partial charge >= 0.3 is 0 Å². The van der Waals surface area contributed by atoms with E-state index in [1.165, 1.54) is 29.9 Å². The van der Waals surface area contributed by atoms with E-state index in [2.05, 4.69) is 5.32 Å². The monoisotopic (exact) mass is 264 g/mol. The smallest absolute Gasteiger partial charge is 0.248 e. The first-order valence-electron chi connectivity index (χ1n) is 6.37. The van der Waals surface area contributed by atoms with Crippen LogP contribution in [0.1, 0.15) is 34.3 Å². The summed E-state index contributed by atoms with van der Waals surface area (Å²) in [7, 11) is 0. The Morgan fingerprint density at radius 3 is 3.00 bits per heavy atom. The molecule has 2 rings (SSSR count). The summed E-state index contributed by atoms with van der Waals surface area (Å²) in [6.45, 7) is 2.90. The van der Waals surface area contributed by atoms with Gasteiger partial charge in [0.1, 0.15) is 0 Å². The molecule has 1 amide bonds. The van der Waals surface area contributed by atoms with Gasteiger partial charge in [0.15, 0.2) is 0 Å². The number of hydrogen-bond acceptors (Lipinski definition) is 3. The first kappa shape index (κ1) is 13.4. The first-order valence-corrected chi connectivity index (χ1v) is 7.53. The summed E-state index contributed by atoms with van der Waals surface area (Å²) in [6, 6.07) is 6.30. The van der Waals surface area contributed by atoms with Crippen LogP contribution < -0.4 is 11.1 Å². The van der Waals surface area contributed by atoms with Crippen LogP contribution in [0.15, 0.2) is 18.2 Å². The van der Waals surface area contributed by atoms with Crippen LogP contribution in [-0.2, 0) is 6.54 Å². The Bertz CT molecular complexity index is 428. The van der Waals surface area contributed by atoms with Gasteiger partial charge < -0.3 is 11.1 Å². The molecule has 1 aliphatic heterocycles. The molecule has 18 heavy (non-hydrogen) atoms. The van der Waals surface area contributed by atoms with Crippen molar-refractivity contribution in [1.82, 2.24) is 5.32 Å². The Kier molecular flexibility index (Phi) is 4.66. The van der Waals surface area contributed by atoms with Crippen molar-refractivity contribution in [2.45, 2.75) is 32.4 Å². The van der Waals surface area contributed by atoms with Gasteiger partial charge in [-0.1, -0.05) is 6.07 Å². The number of nitrogens with one attached hydrogen (secondary N) is 1.